The first-order valence-electron chi connectivity index (χ1n) is 7.64. The fourth-order valence-corrected chi connectivity index (χ4v) is 2.67. The predicted molar refractivity (Wildman–Crippen MR) is 92.1 cm³/mol. The molecule has 132 valence electrons. The average molecular weight is 362 g/mol. The molecule has 2 N–H and O–H groups in total. The summed E-state index contributed by atoms with van der Waals surface area (Å²) in [6, 6.07) is 6.84. The number of carboxylic acids is 1. The molecule has 1 amide bonds. The Labute approximate surface area is 148 Å². The lowest BCUT2D eigenvalue weighted by Gasteiger charge is -2.07. The van der Waals surface area contributed by atoms with Gasteiger partial charge in [0.25, 0.3) is 0 Å². The highest BCUT2D eigenvalue weighted by Crippen LogP contribution is 2.13. The van der Waals surface area contributed by atoms with Gasteiger partial charge in [0.05, 0.1) is 13.2 Å². The van der Waals surface area contributed by atoms with Crippen LogP contribution in [0.5, 0.6) is 5.75 Å². The van der Waals surface area contributed by atoms with Crippen LogP contribution in [0.25, 0.3) is 0 Å². The second kappa shape index (κ2) is 8.93. The standard InChI is InChI=1S/C17H18N2O5S/c1-11(20)12-4-6-13(7-5-12)24-8-2-3-15(21)18-9-16-19-14(10-25-16)17(22)23/h4-7,10H,2-3,8-9H2,1H3,(H,18,21)(H,22,23). The summed E-state index contributed by atoms with van der Waals surface area (Å²) in [5, 5.41) is 13.5. The van der Waals surface area contributed by atoms with Crippen LogP contribution in [0, 0.1) is 0 Å². The van der Waals surface area contributed by atoms with E-state index >= 15 is 0 Å². The van der Waals surface area contributed by atoms with E-state index in [0.717, 1.165) is 0 Å². The van der Waals surface area contributed by atoms with Crippen molar-refractivity contribution in [3.05, 3.63) is 45.9 Å². The molecule has 0 fully saturated rings. The summed E-state index contributed by atoms with van der Waals surface area (Å²) >= 11 is 1.19. The number of benzene rings is 1. The lowest BCUT2D eigenvalue weighted by molar-refractivity contribution is -0.121. The van der Waals surface area contributed by atoms with Gasteiger partial charge < -0.3 is 15.2 Å². The average Bonchev–Trinajstić information content (AvgIpc) is 3.06. The van der Waals surface area contributed by atoms with Crippen LogP contribution in [-0.2, 0) is 11.3 Å². The summed E-state index contributed by atoms with van der Waals surface area (Å²) in [5.74, 6) is -0.585. The van der Waals surface area contributed by atoms with E-state index in [-0.39, 0.29) is 23.9 Å². The number of nitrogens with one attached hydrogen (secondary N) is 1. The molecule has 2 rings (SSSR count). The van der Waals surface area contributed by atoms with E-state index in [9.17, 15) is 14.4 Å². The first kappa shape index (κ1) is 18.6. The van der Waals surface area contributed by atoms with Gasteiger partial charge in [0.1, 0.15) is 10.8 Å². The summed E-state index contributed by atoms with van der Waals surface area (Å²) in [5.41, 5.74) is 0.610. The number of carboxylic acid groups (broad SMARTS) is 1. The van der Waals surface area contributed by atoms with Crippen molar-refractivity contribution in [2.24, 2.45) is 0 Å². The van der Waals surface area contributed by atoms with E-state index in [1.54, 1.807) is 24.3 Å². The van der Waals surface area contributed by atoms with Crippen molar-refractivity contribution in [3.8, 4) is 5.75 Å². The van der Waals surface area contributed by atoms with Crippen LogP contribution in [-0.4, -0.2) is 34.4 Å². The minimum Gasteiger partial charge on any atom is -0.494 e. The van der Waals surface area contributed by atoms with Crippen LogP contribution in [0.15, 0.2) is 29.6 Å². The molecule has 0 aliphatic heterocycles. The molecule has 0 atom stereocenters. The largest absolute Gasteiger partial charge is 0.494 e. The first-order chi connectivity index (χ1) is 12.0. The molecule has 1 aromatic carbocycles. The van der Waals surface area contributed by atoms with Crippen LogP contribution >= 0.6 is 11.3 Å². The van der Waals surface area contributed by atoms with Gasteiger partial charge in [0.15, 0.2) is 11.5 Å². The van der Waals surface area contributed by atoms with Crippen molar-refractivity contribution in [2.45, 2.75) is 26.3 Å². The molecule has 8 heteroatoms. The van der Waals surface area contributed by atoms with Gasteiger partial charge in [-0.2, -0.15) is 0 Å². The fourth-order valence-electron chi connectivity index (χ4n) is 1.96. The number of hydrogen-bond donors (Lipinski definition) is 2. The normalized spacial score (nSPS) is 10.3. The maximum Gasteiger partial charge on any atom is 0.355 e. The van der Waals surface area contributed by atoms with E-state index in [0.29, 0.717) is 35.8 Å². The van der Waals surface area contributed by atoms with Crippen LogP contribution in [0.2, 0.25) is 0 Å². The Balaban J connectivity index is 1.64. The Hall–Kier alpha value is -2.74. The third-order valence-corrected chi connectivity index (χ3v) is 4.13. The zero-order chi connectivity index (χ0) is 18.2. The van der Waals surface area contributed by atoms with E-state index in [1.807, 2.05) is 0 Å². The fraction of sp³-hybridized carbons (Fsp3) is 0.294. The molecule has 0 unspecified atom stereocenters. The highest BCUT2D eigenvalue weighted by atomic mass is 32.1. The number of rotatable bonds is 9. The second-order valence-corrected chi connectivity index (χ2v) is 6.18. The van der Waals surface area contributed by atoms with Gasteiger partial charge in [-0.1, -0.05) is 0 Å². The topological polar surface area (TPSA) is 106 Å². The summed E-state index contributed by atoms with van der Waals surface area (Å²) in [4.78, 5) is 37.5. The van der Waals surface area contributed by atoms with E-state index in [1.165, 1.54) is 23.6 Å². The van der Waals surface area contributed by atoms with Crippen LogP contribution in [0.4, 0.5) is 0 Å². The monoisotopic (exact) mass is 362 g/mol. The quantitative estimate of drug-likeness (QED) is 0.524. The zero-order valence-electron chi connectivity index (χ0n) is 13.7. The number of aromatic nitrogens is 1. The number of carbonyl (C=O) groups excluding carboxylic acids is 2. The summed E-state index contributed by atoms with van der Waals surface area (Å²) in [7, 11) is 0. The molecular weight excluding hydrogens is 344 g/mol. The van der Waals surface area contributed by atoms with Crippen molar-refractivity contribution in [2.75, 3.05) is 6.61 Å². The van der Waals surface area contributed by atoms with E-state index in [2.05, 4.69) is 10.3 Å². The number of hydrogen-bond acceptors (Lipinski definition) is 6. The number of Topliss-reactive ketones (excluding diaryl/α,β-unsaturated/α-hetero) is 1. The third-order valence-electron chi connectivity index (χ3n) is 3.29. The molecule has 7 nitrogen and oxygen atoms in total. The maximum absolute atomic E-state index is 11.7. The number of nitrogens with zero attached hydrogens (tertiary/aromatic N) is 1. The molecule has 1 heterocycles. The van der Waals surface area contributed by atoms with Gasteiger partial charge in [-0.15, -0.1) is 11.3 Å². The molecule has 0 bridgehead atoms. The van der Waals surface area contributed by atoms with Crippen molar-refractivity contribution < 1.29 is 24.2 Å². The Morgan fingerprint density at radius 3 is 2.56 bits per heavy atom. The molecule has 25 heavy (non-hydrogen) atoms. The van der Waals surface area contributed by atoms with Crippen LogP contribution < -0.4 is 10.1 Å². The summed E-state index contributed by atoms with van der Waals surface area (Å²) < 4.78 is 5.52. The SMILES string of the molecule is CC(=O)c1ccc(OCCCC(=O)NCc2nc(C(=O)O)cs2)cc1. The van der Waals surface area contributed by atoms with Crippen molar-refractivity contribution in [1.82, 2.24) is 10.3 Å². The van der Waals surface area contributed by atoms with E-state index < -0.39 is 5.97 Å². The lowest BCUT2D eigenvalue weighted by atomic mass is 10.1. The number of carbonyl (C=O) groups is 3. The van der Waals surface area contributed by atoms with Gasteiger partial charge in [0, 0.05) is 17.4 Å². The Morgan fingerprint density at radius 1 is 1.24 bits per heavy atom. The van der Waals surface area contributed by atoms with Crippen LogP contribution in [0.3, 0.4) is 0 Å². The molecule has 0 saturated heterocycles. The minimum atomic E-state index is -1.08. The molecule has 0 aliphatic rings. The zero-order valence-corrected chi connectivity index (χ0v) is 14.5. The smallest absolute Gasteiger partial charge is 0.355 e. The Bertz CT molecular complexity index is 755. The first-order valence-corrected chi connectivity index (χ1v) is 8.52. The number of ether oxygens (including phenoxy) is 1. The molecule has 1 aromatic heterocycles. The van der Waals surface area contributed by atoms with Gasteiger partial charge >= 0.3 is 5.97 Å². The number of amides is 1. The highest BCUT2D eigenvalue weighted by molar-refractivity contribution is 7.09. The molecular formula is C17H18N2O5S. The Kier molecular flexibility index (Phi) is 6.64. The van der Waals surface area contributed by atoms with Crippen molar-refractivity contribution >= 4 is 29.0 Å². The lowest BCUT2D eigenvalue weighted by Crippen LogP contribution is -2.23. The maximum atomic E-state index is 11.7. The third kappa shape index (κ3) is 6.00. The summed E-state index contributed by atoms with van der Waals surface area (Å²) in [6.45, 7) is 2.10. The Morgan fingerprint density at radius 2 is 1.96 bits per heavy atom. The molecule has 0 saturated carbocycles. The van der Waals surface area contributed by atoms with Gasteiger partial charge in [0.2, 0.25) is 5.91 Å². The number of aromatic carboxylic acids is 1. The predicted octanol–water partition coefficient (Wildman–Crippen LogP) is 2.52. The minimum absolute atomic E-state index is 0.000994. The van der Waals surface area contributed by atoms with E-state index in [4.69, 9.17) is 9.84 Å². The van der Waals surface area contributed by atoms with Crippen molar-refractivity contribution in [3.63, 3.8) is 0 Å². The van der Waals surface area contributed by atoms with Gasteiger partial charge in [-0.25, -0.2) is 9.78 Å². The second-order valence-electron chi connectivity index (χ2n) is 5.24. The molecule has 0 spiro atoms. The number of ketones is 1. The van der Waals surface area contributed by atoms with Crippen LogP contribution in [0.1, 0.15) is 45.6 Å². The molecule has 0 radical (unpaired) electrons. The van der Waals surface area contributed by atoms with Crippen molar-refractivity contribution in [1.29, 1.82) is 0 Å². The number of thiazole rings is 1. The molecule has 0 aliphatic carbocycles. The van der Waals surface area contributed by atoms with Gasteiger partial charge in [-0.3, -0.25) is 9.59 Å². The van der Waals surface area contributed by atoms with Gasteiger partial charge in [-0.05, 0) is 37.6 Å². The molecule has 2 aromatic rings. The summed E-state index contributed by atoms with van der Waals surface area (Å²) in [6.07, 6.45) is 0.835. The highest BCUT2D eigenvalue weighted by Gasteiger charge is 2.09.